The molecule has 1 saturated carbocycles. The van der Waals surface area contributed by atoms with Crippen molar-refractivity contribution in [3.8, 4) is 0 Å². The highest BCUT2D eigenvalue weighted by molar-refractivity contribution is 5.23. The van der Waals surface area contributed by atoms with Crippen LogP contribution < -0.4 is 0 Å². The molecule has 3 heteroatoms. The van der Waals surface area contributed by atoms with Crippen LogP contribution in [0.3, 0.4) is 0 Å². The van der Waals surface area contributed by atoms with E-state index in [1.165, 1.54) is 24.1 Å². The lowest BCUT2D eigenvalue weighted by molar-refractivity contribution is 0.351. The second kappa shape index (κ2) is 6.70. The first-order valence-electron chi connectivity index (χ1n) is 6.86. The van der Waals surface area contributed by atoms with Crippen LogP contribution in [0.1, 0.15) is 63.5 Å². The third-order valence-corrected chi connectivity index (χ3v) is 2.78. The van der Waals surface area contributed by atoms with E-state index in [1.54, 1.807) is 0 Å². The van der Waals surface area contributed by atoms with Crippen LogP contribution in [0, 0.1) is 0 Å². The highest BCUT2D eigenvalue weighted by Gasteiger charge is 2.28. The molecule has 0 radical (unpaired) electrons. The molecule has 2 heterocycles. The molecule has 1 aliphatic heterocycles. The fraction of sp³-hybridized carbons (Fsp3) is 0.714. The van der Waals surface area contributed by atoms with Crippen molar-refractivity contribution in [2.45, 2.75) is 59.5 Å². The third-order valence-electron chi connectivity index (χ3n) is 2.78. The Kier molecular flexibility index (Phi) is 5.56. The molecule has 96 valence electrons. The second-order valence-corrected chi connectivity index (χ2v) is 4.15. The van der Waals surface area contributed by atoms with E-state index in [0.29, 0.717) is 5.92 Å². The average Bonchev–Trinajstić information content (AvgIpc) is 3.15. The van der Waals surface area contributed by atoms with Crippen molar-refractivity contribution in [1.29, 1.82) is 0 Å². The number of hydrogen-bond acceptors (Lipinski definition) is 3. The number of rotatable bonds is 1. The quantitative estimate of drug-likeness (QED) is 0.747. The van der Waals surface area contributed by atoms with E-state index >= 15 is 0 Å². The minimum absolute atomic E-state index is 0.677. The first-order valence-corrected chi connectivity index (χ1v) is 6.86. The van der Waals surface area contributed by atoms with Gasteiger partial charge in [0.2, 0.25) is 0 Å². The zero-order chi connectivity index (χ0) is 12.8. The zero-order valence-corrected chi connectivity index (χ0v) is 11.8. The smallest absolute Gasteiger partial charge is 0.131 e. The Bertz CT molecular complexity index is 345. The van der Waals surface area contributed by atoms with Crippen molar-refractivity contribution < 1.29 is 0 Å². The van der Waals surface area contributed by atoms with Crippen molar-refractivity contribution >= 4 is 0 Å². The van der Waals surface area contributed by atoms with Gasteiger partial charge in [-0.15, -0.1) is 0 Å². The van der Waals surface area contributed by atoms with E-state index in [2.05, 4.69) is 21.9 Å². The number of fused-ring (bicyclic) bond motifs is 1. The molecule has 17 heavy (non-hydrogen) atoms. The van der Waals surface area contributed by atoms with Crippen LogP contribution in [-0.2, 0) is 13.1 Å². The molecule has 1 aliphatic carbocycles. The van der Waals surface area contributed by atoms with Gasteiger partial charge in [-0.3, -0.25) is 4.90 Å². The molecular weight excluding hydrogens is 210 g/mol. The van der Waals surface area contributed by atoms with Crippen LogP contribution in [-0.4, -0.2) is 21.9 Å². The van der Waals surface area contributed by atoms with E-state index in [4.69, 9.17) is 0 Å². The summed E-state index contributed by atoms with van der Waals surface area (Å²) in [6, 6.07) is 0. The van der Waals surface area contributed by atoms with E-state index in [-0.39, 0.29) is 0 Å². The van der Waals surface area contributed by atoms with Gasteiger partial charge in [-0.2, -0.15) is 0 Å². The second-order valence-electron chi connectivity index (χ2n) is 4.15. The Morgan fingerprint density at radius 3 is 2.35 bits per heavy atom. The van der Waals surface area contributed by atoms with Crippen molar-refractivity contribution in [1.82, 2.24) is 14.9 Å². The maximum atomic E-state index is 4.61. The Morgan fingerprint density at radius 2 is 1.76 bits per heavy atom. The lowest BCUT2D eigenvalue weighted by Gasteiger charge is -2.02. The lowest BCUT2D eigenvalue weighted by atomic mass is 10.2. The van der Waals surface area contributed by atoms with Gasteiger partial charge in [-0.05, 0) is 19.9 Å². The van der Waals surface area contributed by atoms with Crippen LogP contribution in [0.15, 0.2) is 6.20 Å². The van der Waals surface area contributed by atoms with Crippen LogP contribution in [0.5, 0.6) is 0 Å². The van der Waals surface area contributed by atoms with E-state index in [1.807, 2.05) is 33.9 Å². The fourth-order valence-corrected chi connectivity index (χ4v) is 1.87. The highest BCUT2D eigenvalue weighted by atomic mass is 15.1. The summed E-state index contributed by atoms with van der Waals surface area (Å²) in [5, 5.41) is 0. The molecule has 3 rings (SSSR count). The Labute approximate surface area is 105 Å². The summed E-state index contributed by atoms with van der Waals surface area (Å²) in [4.78, 5) is 11.3. The normalized spacial score (nSPS) is 17.5. The topological polar surface area (TPSA) is 29.0 Å². The molecule has 0 saturated heterocycles. The number of hydrogen-bond donors (Lipinski definition) is 0. The van der Waals surface area contributed by atoms with Gasteiger partial charge in [0.15, 0.2) is 0 Å². The molecule has 3 nitrogen and oxygen atoms in total. The fourth-order valence-electron chi connectivity index (χ4n) is 1.87. The van der Waals surface area contributed by atoms with Crippen molar-refractivity contribution in [2.24, 2.45) is 0 Å². The van der Waals surface area contributed by atoms with Gasteiger partial charge < -0.3 is 0 Å². The first-order chi connectivity index (χ1) is 8.33. The third kappa shape index (κ3) is 3.50. The van der Waals surface area contributed by atoms with Gasteiger partial charge in [-0.25, -0.2) is 9.97 Å². The molecule has 0 amide bonds. The molecule has 0 unspecified atom stereocenters. The average molecular weight is 235 g/mol. The van der Waals surface area contributed by atoms with E-state index in [9.17, 15) is 0 Å². The molecule has 0 aromatic carbocycles. The standard InChI is InChI=1S/C10H13N3.2C2H6/c1-13-5-8-4-11-10(7-2-3-7)12-9(8)6-13;2*1-2/h4,7H,2-3,5-6H2,1H3;2*1-2H3. The molecular formula is C14H25N3. The van der Waals surface area contributed by atoms with Crippen molar-refractivity contribution in [3.05, 3.63) is 23.3 Å². The van der Waals surface area contributed by atoms with Gasteiger partial charge in [0.05, 0.1) is 5.69 Å². The molecule has 0 N–H and O–H groups in total. The maximum absolute atomic E-state index is 4.61. The number of aromatic nitrogens is 2. The molecule has 1 aromatic rings. The summed E-state index contributed by atoms with van der Waals surface area (Å²) in [6.45, 7) is 10.0. The molecule has 0 bridgehead atoms. The molecule has 0 atom stereocenters. The Balaban J connectivity index is 0.000000330. The van der Waals surface area contributed by atoms with E-state index in [0.717, 1.165) is 18.9 Å². The van der Waals surface area contributed by atoms with Gasteiger partial charge in [0.1, 0.15) is 5.82 Å². The predicted molar refractivity (Wildman–Crippen MR) is 71.9 cm³/mol. The molecule has 0 spiro atoms. The van der Waals surface area contributed by atoms with Crippen LogP contribution in [0.25, 0.3) is 0 Å². The minimum atomic E-state index is 0.677. The predicted octanol–water partition coefficient (Wildman–Crippen LogP) is 3.35. The van der Waals surface area contributed by atoms with Gasteiger partial charge in [0, 0.05) is 30.8 Å². The van der Waals surface area contributed by atoms with Gasteiger partial charge in [-0.1, -0.05) is 27.7 Å². The molecule has 1 fully saturated rings. The maximum Gasteiger partial charge on any atom is 0.131 e. The number of nitrogens with zero attached hydrogens (tertiary/aromatic N) is 3. The van der Waals surface area contributed by atoms with Gasteiger partial charge in [0.25, 0.3) is 0 Å². The summed E-state index contributed by atoms with van der Waals surface area (Å²) in [7, 11) is 2.12. The van der Waals surface area contributed by atoms with E-state index < -0.39 is 0 Å². The summed E-state index contributed by atoms with van der Waals surface area (Å²) in [5.74, 6) is 1.75. The first kappa shape index (κ1) is 14.1. The Hall–Kier alpha value is -0.960. The van der Waals surface area contributed by atoms with Crippen molar-refractivity contribution in [2.75, 3.05) is 7.05 Å². The highest BCUT2D eigenvalue weighted by Crippen LogP contribution is 2.38. The monoisotopic (exact) mass is 235 g/mol. The van der Waals surface area contributed by atoms with Crippen LogP contribution in [0.4, 0.5) is 0 Å². The summed E-state index contributed by atoms with van der Waals surface area (Å²) in [5.41, 5.74) is 2.56. The van der Waals surface area contributed by atoms with Gasteiger partial charge >= 0.3 is 0 Å². The lowest BCUT2D eigenvalue weighted by Crippen LogP contribution is -2.07. The summed E-state index contributed by atoms with van der Waals surface area (Å²) >= 11 is 0. The minimum Gasteiger partial charge on any atom is -0.296 e. The van der Waals surface area contributed by atoms with Crippen LogP contribution in [0.2, 0.25) is 0 Å². The Morgan fingerprint density at radius 1 is 1.12 bits per heavy atom. The molecule has 1 aromatic heterocycles. The van der Waals surface area contributed by atoms with Crippen LogP contribution >= 0.6 is 0 Å². The SMILES string of the molecule is CC.CC.CN1Cc2cnc(C3CC3)nc2C1. The zero-order valence-electron chi connectivity index (χ0n) is 11.8. The molecule has 2 aliphatic rings. The summed E-state index contributed by atoms with van der Waals surface area (Å²) < 4.78 is 0. The summed E-state index contributed by atoms with van der Waals surface area (Å²) in [6.07, 6.45) is 4.59. The van der Waals surface area contributed by atoms with Crippen molar-refractivity contribution in [3.63, 3.8) is 0 Å². The largest absolute Gasteiger partial charge is 0.296 e.